The van der Waals surface area contributed by atoms with Crippen LogP contribution in [-0.4, -0.2) is 36.6 Å². The van der Waals surface area contributed by atoms with Crippen molar-refractivity contribution >= 4 is 17.5 Å². The Morgan fingerprint density at radius 2 is 1.76 bits per heavy atom. The van der Waals surface area contributed by atoms with E-state index in [2.05, 4.69) is 32.7 Å². The molecular weight excluding hydrogens is 368 g/mol. The third-order valence-corrected chi connectivity index (χ3v) is 4.34. The lowest BCUT2D eigenvalue weighted by Gasteiger charge is -2.11. The Morgan fingerprint density at radius 1 is 1.00 bits per heavy atom. The number of carbonyl (C=O) groups is 1. The standard InChI is InChI=1S/C22H24N4O3/c1-28-18-10-11-20(29-2)19(13-18)26-22-24-14-17(15-25-22)21(27)23-12-6-9-16-7-4-3-5-8-16/h3-5,7-8,10-11,13-15H,6,9,12H2,1-2H3,(H,23,27)(H,24,25,26). The first-order valence-corrected chi connectivity index (χ1v) is 9.33. The third-order valence-electron chi connectivity index (χ3n) is 4.34. The quantitative estimate of drug-likeness (QED) is 0.541. The third kappa shape index (κ3) is 5.68. The van der Waals surface area contributed by atoms with Crippen LogP contribution < -0.4 is 20.1 Å². The van der Waals surface area contributed by atoms with Crippen LogP contribution in [0.3, 0.4) is 0 Å². The molecule has 0 radical (unpaired) electrons. The molecule has 3 rings (SSSR count). The van der Waals surface area contributed by atoms with E-state index in [1.807, 2.05) is 18.2 Å². The van der Waals surface area contributed by atoms with Gasteiger partial charge in [-0.3, -0.25) is 4.79 Å². The summed E-state index contributed by atoms with van der Waals surface area (Å²) in [5.74, 6) is 1.48. The fourth-order valence-electron chi connectivity index (χ4n) is 2.78. The van der Waals surface area contributed by atoms with Crippen molar-refractivity contribution in [2.24, 2.45) is 0 Å². The molecule has 0 saturated heterocycles. The predicted octanol–water partition coefficient (Wildman–Crippen LogP) is 3.60. The van der Waals surface area contributed by atoms with Crippen molar-refractivity contribution in [3.8, 4) is 11.5 Å². The second-order valence-corrected chi connectivity index (χ2v) is 6.33. The smallest absolute Gasteiger partial charge is 0.254 e. The van der Waals surface area contributed by atoms with Gasteiger partial charge in [-0.05, 0) is 30.5 Å². The molecule has 0 aliphatic carbocycles. The van der Waals surface area contributed by atoms with Gasteiger partial charge in [-0.15, -0.1) is 0 Å². The van der Waals surface area contributed by atoms with Crippen LogP contribution in [0.4, 0.5) is 11.6 Å². The molecule has 0 aliphatic heterocycles. The number of benzene rings is 2. The molecule has 1 aromatic heterocycles. The summed E-state index contributed by atoms with van der Waals surface area (Å²) in [6.45, 7) is 0.592. The lowest BCUT2D eigenvalue weighted by molar-refractivity contribution is 0.0952. The number of nitrogens with zero attached hydrogens (tertiary/aromatic N) is 2. The van der Waals surface area contributed by atoms with E-state index in [9.17, 15) is 4.79 Å². The maximum atomic E-state index is 12.3. The van der Waals surface area contributed by atoms with E-state index in [4.69, 9.17) is 9.47 Å². The number of rotatable bonds is 9. The molecule has 0 spiro atoms. The number of amides is 1. The highest BCUT2D eigenvalue weighted by molar-refractivity contribution is 5.93. The van der Waals surface area contributed by atoms with Gasteiger partial charge in [0.05, 0.1) is 25.5 Å². The fraction of sp³-hybridized carbons (Fsp3) is 0.227. The molecule has 7 nitrogen and oxygen atoms in total. The molecule has 0 bridgehead atoms. The van der Waals surface area contributed by atoms with Gasteiger partial charge in [0.25, 0.3) is 5.91 Å². The van der Waals surface area contributed by atoms with Crippen LogP contribution >= 0.6 is 0 Å². The van der Waals surface area contributed by atoms with Gasteiger partial charge in [0.2, 0.25) is 5.95 Å². The van der Waals surface area contributed by atoms with Crippen LogP contribution in [0.25, 0.3) is 0 Å². The zero-order valence-electron chi connectivity index (χ0n) is 16.5. The Morgan fingerprint density at radius 3 is 2.45 bits per heavy atom. The average molecular weight is 392 g/mol. The van der Waals surface area contributed by atoms with E-state index in [0.29, 0.717) is 35.2 Å². The van der Waals surface area contributed by atoms with Crippen LogP contribution in [0, 0.1) is 0 Å². The molecule has 0 unspecified atom stereocenters. The lowest BCUT2D eigenvalue weighted by Crippen LogP contribution is -2.25. The summed E-state index contributed by atoms with van der Waals surface area (Å²) in [4.78, 5) is 20.7. The first-order valence-electron chi connectivity index (χ1n) is 9.33. The molecule has 0 atom stereocenters. The number of carbonyl (C=O) groups excluding carboxylic acids is 1. The maximum absolute atomic E-state index is 12.3. The Labute approximate surface area is 170 Å². The molecule has 2 aromatic carbocycles. The van der Waals surface area contributed by atoms with Crippen molar-refractivity contribution < 1.29 is 14.3 Å². The zero-order chi connectivity index (χ0) is 20.5. The molecule has 0 fully saturated rings. The second kappa shape index (κ2) is 10.1. The summed E-state index contributed by atoms with van der Waals surface area (Å²) < 4.78 is 10.6. The van der Waals surface area contributed by atoms with Crippen molar-refractivity contribution in [1.29, 1.82) is 0 Å². The number of anilines is 2. The average Bonchev–Trinajstić information content (AvgIpc) is 2.77. The molecule has 0 saturated carbocycles. The lowest BCUT2D eigenvalue weighted by atomic mass is 10.1. The van der Waals surface area contributed by atoms with E-state index in [1.165, 1.54) is 18.0 Å². The summed E-state index contributed by atoms with van der Waals surface area (Å²) in [7, 11) is 3.18. The highest BCUT2D eigenvalue weighted by Gasteiger charge is 2.09. The Hall–Kier alpha value is -3.61. The molecule has 2 N–H and O–H groups in total. The first kappa shape index (κ1) is 20.1. The second-order valence-electron chi connectivity index (χ2n) is 6.33. The van der Waals surface area contributed by atoms with Gasteiger partial charge in [-0.1, -0.05) is 30.3 Å². The molecule has 1 heterocycles. The SMILES string of the molecule is COc1ccc(OC)c(Nc2ncc(C(=O)NCCCc3ccccc3)cn2)c1. The molecule has 150 valence electrons. The van der Waals surface area contributed by atoms with Gasteiger partial charge in [-0.2, -0.15) is 0 Å². The Balaban J connectivity index is 1.53. The summed E-state index contributed by atoms with van der Waals surface area (Å²) >= 11 is 0. The Bertz CT molecular complexity index is 931. The molecule has 0 aliphatic rings. The summed E-state index contributed by atoms with van der Waals surface area (Å²) in [6, 6.07) is 15.6. The minimum Gasteiger partial charge on any atom is -0.497 e. The summed E-state index contributed by atoms with van der Waals surface area (Å²) in [5, 5.41) is 5.97. The topological polar surface area (TPSA) is 85.4 Å². The van der Waals surface area contributed by atoms with Crippen molar-refractivity contribution in [3.63, 3.8) is 0 Å². The Kier molecular flexibility index (Phi) is 7.00. The van der Waals surface area contributed by atoms with Crippen molar-refractivity contribution in [3.05, 3.63) is 72.1 Å². The molecule has 1 amide bonds. The van der Waals surface area contributed by atoms with Gasteiger partial charge in [0.15, 0.2) is 0 Å². The largest absolute Gasteiger partial charge is 0.497 e. The number of aryl methyl sites for hydroxylation is 1. The van der Waals surface area contributed by atoms with Crippen molar-refractivity contribution in [2.75, 3.05) is 26.1 Å². The summed E-state index contributed by atoms with van der Waals surface area (Å²) in [5.41, 5.74) is 2.34. The zero-order valence-corrected chi connectivity index (χ0v) is 16.5. The number of hydrogen-bond acceptors (Lipinski definition) is 6. The summed E-state index contributed by atoms with van der Waals surface area (Å²) in [6.07, 6.45) is 4.78. The number of hydrogen-bond donors (Lipinski definition) is 2. The number of ether oxygens (including phenoxy) is 2. The predicted molar refractivity (Wildman–Crippen MR) is 112 cm³/mol. The molecule has 3 aromatic rings. The highest BCUT2D eigenvalue weighted by atomic mass is 16.5. The van der Waals surface area contributed by atoms with Gasteiger partial charge in [0, 0.05) is 25.0 Å². The minimum atomic E-state index is -0.191. The highest BCUT2D eigenvalue weighted by Crippen LogP contribution is 2.30. The van der Waals surface area contributed by atoms with E-state index >= 15 is 0 Å². The van der Waals surface area contributed by atoms with Crippen LogP contribution in [-0.2, 0) is 6.42 Å². The van der Waals surface area contributed by atoms with Crippen LogP contribution in [0.5, 0.6) is 11.5 Å². The maximum Gasteiger partial charge on any atom is 0.254 e. The van der Waals surface area contributed by atoms with E-state index in [-0.39, 0.29) is 5.91 Å². The monoisotopic (exact) mass is 392 g/mol. The van der Waals surface area contributed by atoms with E-state index in [1.54, 1.807) is 32.4 Å². The number of aromatic nitrogens is 2. The molecule has 7 heteroatoms. The van der Waals surface area contributed by atoms with Crippen molar-refractivity contribution in [2.45, 2.75) is 12.8 Å². The van der Waals surface area contributed by atoms with Gasteiger partial charge in [0.1, 0.15) is 11.5 Å². The fourth-order valence-corrected chi connectivity index (χ4v) is 2.78. The number of methoxy groups -OCH3 is 2. The van der Waals surface area contributed by atoms with Crippen LogP contribution in [0.2, 0.25) is 0 Å². The van der Waals surface area contributed by atoms with E-state index in [0.717, 1.165) is 12.8 Å². The van der Waals surface area contributed by atoms with Gasteiger partial charge < -0.3 is 20.1 Å². The number of nitrogens with one attached hydrogen (secondary N) is 2. The molecule has 29 heavy (non-hydrogen) atoms. The van der Waals surface area contributed by atoms with Crippen LogP contribution in [0.1, 0.15) is 22.3 Å². The van der Waals surface area contributed by atoms with E-state index < -0.39 is 0 Å². The first-order chi connectivity index (χ1) is 14.2. The van der Waals surface area contributed by atoms with Crippen LogP contribution in [0.15, 0.2) is 60.9 Å². The normalized spacial score (nSPS) is 10.3. The van der Waals surface area contributed by atoms with Gasteiger partial charge in [-0.25, -0.2) is 9.97 Å². The van der Waals surface area contributed by atoms with Gasteiger partial charge >= 0.3 is 0 Å². The molecular formula is C22H24N4O3. The minimum absolute atomic E-state index is 0.191. The van der Waals surface area contributed by atoms with Crippen molar-refractivity contribution in [1.82, 2.24) is 15.3 Å².